The minimum absolute atomic E-state index is 0.00262. The number of aryl methyl sites for hydroxylation is 1. The van der Waals surface area contributed by atoms with Crippen LogP contribution in [-0.4, -0.2) is 45.6 Å². The van der Waals surface area contributed by atoms with E-state index in [1.54, 1.807) is 37.3 Å². The Morgan fingerprint density at radius 3 is 2.56 bits per heavy atom. The Bertz CT molecular complexity index is 1530. The van der Waals surface area contributed by atoms with E-state index >= 15 is 0 Å². The molecule has 0 spiro atoms. The summed E-state index contributed by atoms with van der Waals surface area (Å²) in [6.45, 7) is 2.73. The summed E-state index contributed by atoms with van der Waals surface area (Å²) in [6, 6.07) is 14.2. The van der Waals surface area contributed by atoms with Crippen molar-refractivity contribution in [3.8, 4) is 5.75 Å². The van der Waals surface area contributed by atoms with Gasteiger partial charge in [-0.25, -0.2) is 0 Å². The number of anilines is 1. The van der Waals surface area contributed by atoms with Gasteiger partial charge in [0.1, 0.15) is 21.8 Å². The van der Waals surface area contributed by atoms with Gasteiger partial charge in [0.25, 0.3) is 0 Å². The Morgan fingerprint density at radius 2 is 1.85 bits per heavy atom. The van der Waals surface area contributed by atoms with Crippen LogP contribution in [0.1, 0.15) is 11.1 Å². The normalized spacial score (nSPS) is 11.9. The van der Waals surface area contributed by atoms with Gasteiger partial charge < -0.3 is 23.9 Å². The van der Waals surface area contributed by atoms with Crippen LogP contribution < -0.4 is 14.9 Å². The number of nitrogens with zero attached hydrogens (tertiary/aromatic N) is 1. The summed E-state index contributed by atoms with van der Waals surface area (Å²) < 4.78 is 36.9. The third-order valence-corrected chi connectivity index (χ3v) is 6.90. The van der Waals surface area contributed by atoms with Crippen molar-refractivity contribution >= 4 is 37.7 Å². The number of benzene rings is 3. The molecule has 178 valence electrons. The van der Waals surface area contributed by atoms with Gasteiger partial charge >= 0.3 is 10.1 Å². The molecule has 0 aliphatic rings. The van der Waals surface area contributed by atoms with E-state index in [0.29, 0.717) is 23.4 Å². The van der Waals surface area contributed by atoms with Crippen molar-refractivity contribution in [2.24, 2.45) is 0 Å². The van der Waals surface area contributed by atoms with E-state index in [2.05, 4.69) is 5.32 Å². The second kappa shape index (κ2) is 9.46. The summed E-state index contributed by atoms with van der Waals surface area (Å²) in [5.41, 5.74) is 1.81. The van der Waals surface area contributed by atoms with Gasteiger partial charge in [0.05, 0.1) is 17.4 Å². The number of aliphatic hydroxyl groups is 1. The summed E-state index contributed by atoms with van der Waals surface area (Å²) in [7, 11) is -0.195. The SMILES string of the molecule is Cc1ccccc1S(=O)(=O)Oc1ccc2oc3c(CO)ccc(NCCN(C)C)c3c(=O)c2c1. The number of aliphatic hydroxyl groups excluding tert-OH is 1. The van der Waals surface area contributed by atoms with E-state index in [1.165, 1.54) is 24.3 Å². The van der Waals surface area contributed by atoms with Gasteiger partial charge in [-0.3, -0.25) is 4.79 Å². The highest BCUT2D eigenvalue weighted by atomic mass is 32.2. The average Bonchev–Trinajstić information content (AvgIpc) is 2.79. The number of hydrogen-bond donors (Lipinski definition) is 2. The average molecular weight is 483 g/mol. The lowest BCUT2D eigenvalue weighted by atomic mass is 10.1. The van der Waals surface area contributed by atoms with Crippen LogP contribution in [0.25, 0.3) is 21.9 Å². The van der Waals surface area contributed by atoms with Crippen molar-refractivity contribution in [2.45, 2.75) is 18.4 Å². The number of fused-ring (bicyclic) bond motifs is 2. The van der Waals surface area contributed by atoms with Crippen LogP contribution in [0.4, 0.5) is 5.69 Å². The maximum Gasteiger partial charge on any atom is 0.339 e. The van der Waals surface area contributed by atoms with Gasteiger partial charge in [-0.1, -0.05) is 24.3 Å². The van der Waals surface area contributed by atoms with Crippen molar-refractivity contribution in [1.82, 2.24) is 4.90 Å². The lowest BCUT2D eigenvalue weighted by Gasteiger charge is -2.14. The van der Waals surface area contributed by atoms with Gasteiger partial charge in [-0.2, -0.15) is 8.42 Å². The van der Waals surface area contributed by atoms with Crippen molar-refractivity contribution in [1.29, 1.82) is 0 Å². The molecule has 8 nitrogen and oxygen atoms in total. The number of rotatable bonds is 8. The Kier molecular flexibility index (Phi) is 6.60. The molecule has 3 aromatic carbocycles. The fraction of sp³-hybridized carbons (Fsp3) is 0.240. The fourth-order valence-electron chi connectivity index (χ4n) is 3.73. The molecule has 1 heterocycles. The highest BCUT2D eigenvalue weighted by Gasteiger charge is 2.20. The number of likely N-dealkylation sites (N-methyl/N-ethyl adjacent to an activating group) is 1. The van der Waals surface area contributed by atoms with Gasteiger partial charge in [0.15, 0.2) is 0 Å². The first-order chi connectivity index (χ1) is 16.2. The molecule has 0 atom stereocenters. The van der Waals surface area contributed by atoms with Gasteiger partial charge in [0.2, 0.25) is 5.43 Å². The van der Waals surface area contributed by atoms with Crippen LogP contribution in [0.15, 0.2) is 68.7 Å². The topological polar surface area (TPSA) is 109 Å². The summed E-state index contributed by atoms with van der Waals surface area (Å²) in [5, 5.41) is 13.5. The number of hydrogen-bond acceptors (Lipinski definition) is 8. The van der Waals surface area contributed by atoms with Gasteiger partial charge in [-0.05, 0) is 56.9 Å². The number of nitrogens with one attached hydrogen (secondary N) is 1. The molecular weight excluding hydrogens is 456 g/mol. The van der Waals surface area contributed by atoms with Crippen LogP contribution in [0, 0.1) is 6.92 Å². The summed E-state index contributed by atoms with van der Waals surface area (Å²) >= 11 is 0. The van der Waals surface area contributed by atoms with Gasteiger partial charge in [-0.15, -0.1) is 0 Å². The fourth-order valence-corrected chi connectivity index (χ4v) is 4.89. The first-order valence-electron chi connectivity index (χ1n) is 10.7. The van der Waals surface area contributed by atoms with Crippen LogP contribution in [0.5, 0.6) is 5.75 Å². The predicted molar refractivity (Wildman–Crippen MR) is 132 cm³/mol. The summed E-state index contributed by atoms with van der Waals surface area (Å²) in [4.78, 5) is 15.6. The summed E-state index contributed by atoms with van der Waals surface area (Å²) in [5.74, 6) is 0.00262. The zero-order valence-corrected chi connectivity index (χ0v) is 20.0. The first kappa shape index (κ1) is 23.7. The molecule has 34 heavy (non-hydrogen) atoms. The largest absolute Gasteiger partial charge is 0.455 e. The quantitative estimate of drug-likeness (QED) is 0.290. The molecule has 0 amide bonds. The zero-order chi connectivity index (χ0) is 24.5. The van der Waals surface area contributed by atoms with Crippen LogP contribution in [0.2, 0.25) is 0 Å². The van der Waals surface area contributed by atoms with Crippen molar-refractivity contribution in [3.05, 3.63) is 75.9 Å². The van der Waals surface area contributed by atoms with Crippen molar-refractivity contribution < 1.29 is 22.1 Å². The third-order valence-electron chi connectivity index (χ3n) is 5.49. The maximum absolute atomic E-state index is 13.5. The van der Waals surface area contributed by atoms with E-state index in [-0.39, 0.29) is 44.6 Å². The standard InChI is InChI=1S/C25H26N2O6S/c1-16-6-4-5-7-22(16)34(30,31)33-18-9-11-21-19(14-18)24(29)23-20(26-12-13-27(2)3)10-8-17(15-28)25(23)32-21/h4-11,14,26,28H,12-13,15H2,1-3H3. The molecule has 0 saturated carbocycles. The highest BCUT2D eigenvalue weighted by molar-refractivity contribution is 7.87. The predicted octanol–water partition coefficient (Wildman–Crippen LogP) is 3.49. The molecule has 2 N–H and O–H groups in total. The first-order valence-corrected chi connectivity index (χ1v) is 12.1. The molecule has 0 aliphatic heterocycles. The lowest BCUT2D eigenvalue weighted by molar-refractivity contribution is 0.282. The maximum atomic E-state index is 13.5. The van der Waals surface area contributed by atoms with E-state index in [0.717, 1.165) is 6.54 Å². The molecule has 4 rings (SSSR count). The third kappa shape index (κ3) is 4.63. The van der Waals surface area contributed by atoms with Crippen LogP contribution in [0.3, 0.4) is 0 Å². The smallest absolute Gasteiger partial charge is 0.339 e. The molecule has 0 saturated heterocycles. The highest BCUT2D eigenvalue weighted by Crippen LogP contribution is 2.30. The Morgan fingerprint density at radius 1 is 1.09 bits per heavy atom. The Labute approximate surface area is 197 Å². The van der Waals surface area contributed by atoms with Crippen LogP contribution >= 0.6 is 0 Å². The molecule has 1 aromatic heterocycles. The minimum atomic E-state index is -4.09. The molecule has 0 bridgehead atoms. The van der Waals surface area contributed by atoms with Crippen molar-refractivity contribution in [3.63, 3.8) is 0 Å². The zero-order valence-electron chi connectivity index (χ0n) is 19.2. The molecule has 0 unspecified atom stereocenters. The summed E-state index contributed by atoms with van der Waals surface area (Å²) in [6.07, 6.45) is 0. The second-order valence-corrected chi connectivity index (χ2v) is 9.77. The Hall–Kier alpha value is -3.40. The second-order valence-electron chi connectivity index (χ2n) is 8.26. The van der Waals surface area contributed by atoms with Gasteiger partial charge in [0, 0.05) is 24.3 Å². The molecule has 0 aliphatic carbocycles. The van der Waals surface area contributed by atoms with E-state index < -0.39 is 10.1 Å². The van der Waals surface area contributed by atoms with E-state index in [1.807, 2.05) is 19.0 Å². The molecular formula is C25H26N2O6S. The molecule has 9 heteroatoms. The van der Waals surface area contributed by atoms with Crippen LogP contribution in [-0.2, 0) is 16.7 Å². The molecule has 4 aromatic rings. The Balaban J connectivity index is 1.82. The molecule has 0 radical (unpaired) electrons. The molecule has 0 fully saturated rings. The monoisotopic (exact) mass is 482 g/mol. The lowest BCUT2D eigenvalue weighted by Crippen LogP contribution is -2.21. The van der Waals surface area contributed by atoms with E-state index in [4.69, 9.17) is 8.60 Å². The van der Waals surface area contributed by atoms with Crippen molar-refractivity contribution in [2.75, 3.05) is 32.5 Å². The minimum Gasteiger partial charge on any atom is -0.455 e. The van der Waals surface area contributed by atoms with E-state index in [9.17, 15) is 18.3 Å².